The van der Waals surface area contributed by atoms with Gasteiger partial charge in [0.2, 0.25) is 0 Å². The summed E-state index contributed by atoms with van der Waals surface area (Å²) in [4.78, 5) is 24.2. The molecular weight excluding hydrogens is 306 g/mol. The van der Waals surface area contributed by atoms with Gasteiger partial charge in [-0.15, -0.1) is 0 Å². The van der Waals surface area contributed by atoms with Gasteiger partial charge in [-0.2, -0.15) is 0 Å². The number of benzene rings is 2. The Bertz CT molecular complexity index is 788. The highest BCUT2D eigenvalue weighted by molar-refractivity contribution is 6.67. The molecule has 1 heterocycles. The number of carbonyl (C=O) groups is 2. The Balaban J connectivity index is 2.12. The van der Waals surface area contributed by atoms with Crippen LogP contribution in [0.1, 0.15) is 12.5 Å². The predicted molar refractivity (Wildman–Crippen MR) is 82.4 cm³/mol. The van der Waals surface area contributed by atoms with Crippen molar-refractivity contribution in [1.82, 2.24) is 0 Å². The van der Waals surface area contributed by atoms with Crippen molar-refractivity contribution in [2.45, 2.75) is 13.8 Å². The predicted octanol–water partition coefficient (Wildman–Crippen LogP) is 4.52. The van der Waals surface area contributed by atoms with Crippen molar-refractivity contribution >= 4 is 34.3 Å². The van der Waals surface area contributed by atoms with E-state index in [-0.39, 0.29) is 0 Å². The first kappa shape index (κ1) is 14.4. The molecule has 22 heavy (non-hydrogen) atoms. The van der Waals surface area contributed by atoms with Gasteiger partial charge in [0.05, 0.1) is 11.4 Å². The van der Waals surface area contributed by atoms with E-state index in [1.165, 1.54) is 11.8 Å². The lowest BCUT2D eigenvalue weighted by Crippen LogP contribution is -2.23. The quantitative estimate of drug-likeness (QED) is 0.336. The molecule has 0 saturated heterocycles. The number of halogens is 1. The molecule has 1 amide bonds. The lowest BCUT2D eigenvalue weighted by molar-refractivity contribution is -0.131. The van der Waals surface area contributed by atoms with Crippen LogP contribution < -0.4 is 14.4 Å². The van der Waals surface area contributed by atoms with Gasteiger partial charge in [-0.25, -0.2) is 0 Å². The maximum atomic E-state index is 11.8. The largest absolute Gasteiger partial charge is 0.453 e. The molecule has 1 aliphatic rings. The number of hydrogen-bond acceptors (Lipinski definition) is 4. The molecule has 0 N–H and O–H groups in total. The maximum absolute atomic E-state index is 11.8. The first-order valence-corrected chi connectivity index (χ1v) is 6.94. The summed E-state index contributed by atoms with van der Waals surface area (Å²) >= 11 is 5.72. The van der Waals surface area contributed by atoms with Gasteiger partial charge in [-0.1, -0.05) is 6.07 Å². The summed E-state index contributed by atoms with van der Waals surface area (Å²) in [6.07, 6.45) is 0. The van der Waals surface area contributed by atoms with Crippen molar-refractivity contribution in [1.29, 1.82) is 0 Å². The third kappa shape index (κ3) is 2.51. The molecule has 5 nitrogen and oxygen atoms in total. The standard InChI is InChI=1S/C16H12ClNO4/c1-9-3-5-12-14(7-9)22-15-8-11(21-10(2)19)4-6-13(15)18(12)16(17)20/h3-8H,1-2H3. The number of fused-ring (bicyclic) bond motifs is 2. The van der Waals surface area contributed by atoms with Gasteiger partial charge in [-0.3, -0.25) is 14.5 Å². The molecule has 112 valence electrons. The van der Waals surface area contributed by atoms with Crippen LogP contribution in [0.25, 0.3) is 0 Å². The maximum Gasteiger partial charge on any atom is 0.325 e. The molecule has 0 bridgehead atoms. The molecule has 0 unspecified atom stereocenters. The van der Waals surface area contributed by atoms with E-state index in [0.29, 0.717) is 28.6 Å². The molecule has 3 rings (SSSR count). The van der Waals surface area contributed by atoms with Gasteiger partial charge in [0.1, 0.15) is 5.75 Å². The lowest BCUT2D eigenvalue weighted by Gasteiger charge is -2.29. The molecule has 0 aliphatic carbocycles. The van der Waals surface area contributed by atoms with Gasteiger partial charge in [-0.05, 0) is 48.4 Å². The van der Waals surface area contributed by atoms with Crippen LogP contribution in [-0.2, 0) is 4.79 Å². The monoisotopic (exact) mass is 317 g/mol. The third-order valence-corrected chi connectivity index (χ3v) is 3.35. The zero-order chi connectivity index (χ0) is 15.9. The van der Waals surface area contributed by atoms with Crippen molar-refractivity contribution in [3.8, 4) is 17.2 Å². The van der Waals surface area contributed by atoms with Gasteiger partial charge in [0.15, 0.2) is 11.5 Å². The third-order valence-electron chi connectivity index (χ3n) is 3.19. The summed E-state index contributed by atoms with van der Waals surface area (Å²) in [5, 5.41) is -0.644. The van der Waals surface area contributed by atoms with Gasteiger partial charge >= 0.3 is 11.3 Å². The highest BCUT2D eigenvalue weighted by atomic mass is 35.5. The van der Waals surface area contributed by atoms with E-state index >= 15 is 0 Å². The number of hydrogen-bond donors (Lipinski definition) is 0. The molecule has 1 aliphatic heterocycles. The van der Waals surface area contributed by atoms with E-state index in [4.69, 9.17) is 21.1 Å². The van der Waals surface area contributed by atoms with Crippen LogP contribution in [0.2, 0.25) is 0 Å². The average Bonchev–Trinajstić information content (AvgIpc) is 2.43. The molecule has 0 fully saturated rings. The van der Waals surface area contributed by atoms with Gasteiger partial charge < -0.3 is 9.47 Å². The summed E-state index contributed by atoms with van der Waals surface area (Å²) < 4.78 is 10.8. The number of rotatable bonds is 1. The van der Waals surface area contributed by atoms with Crippen molar-refractivity contribution < 1.29 is 19.1 Å². The Morgan fingerprint density at radius 3 is 2.36 bits per heavy atom. The van der Waals surface area contributed by atoms with Crippen molar-refractivity contribution in [3.05, 3.63) is 42.0 Å². The minimum absolute atomic E-state index is 0.337. The van der Waals surface area contributed by atoms with Crippen LogP contribution in [0, 0.1) is 6.92 Å². The Labute approximate surface area is 132 Å². The topological polar surface area (TPSA) is 55.8 Å². The smallest absolute Gasteiger partial charge is 0.325 e. The molecule has 2 aromatic rings. The molecule has 0 spiro atoms. The first-order chi connectivity index (χ1) is 10.5. The number of ether oxygens (including phenoxy) is 2. The van der Waals surface area contributed by atoms with E-state index < -0.39 is 11.3 Å². The minimum atomic E-state index is -0.644. The molecule has 0 radical (unpaired) electrons. The molecule has 0 atom stereocenters. The van der Waals surface area contributed by atoms with Crippen molar-refractivity contribution in [2.24, 2.45) is 0 Å². The second-order valence-corrected chi connectivity index (χ2v) is 5.21. The summed E-state index contributed by atoms with van der Waals surface area (Å²) in [6.45, 7) is 3.23. The summed E-state index contributed by atoms with van der Waals surface area (Å²) in [6, 6.07) is 10.2. The zero-order valence-corrected chi connectivity index (χ0v) is 12.7. The average molecular weight is 318 g/mol. The van der Waals surface area contributed by atoms with E-state index in [1.54, 1.807) is 24.3 Å². The van der Waals surface area contributed by atoms with E-state index in [0.717, 1.165) is 5.56 Å². The fourth-order valence-electron chi connectivity index (χ4n) is 2.32. The summed E-state index contributed by atoms with van der Waals surface area (Å²) in [5.41, 5.74) is 2.05. The van der Waals surface area contributed by atoms with Crippen LogP contribution in [0.4, 0.5) is 16.2 Å². The van der Waals surface area contributed by atoms with E-state index in [1.807, 2.05) is 19.1 Å². The fraction of sp³-hybridized carbons (Fsp3) is 0.125. The highest BCUT2D eigenvalue weighted by Crippen LogP contribution is 2.48. The number of aryl methyl sites for hydroxylation is 1. The minimum Gasteiger partial charge on any atom is -0.453 e. The van der Waals surface area contributed by atoms with E-state index in [9.17, 15) is 9.59 Å². The zero-order valence-electron chi connectivity index (χ0n) is 11.9. The second kappa shape index (κ2) is 5.35. The first-order valence-electron chi connectivity index (χ1n) is 6.56. The number of amides is 1. The van der Waals surface area contributed by atoms with Crippen LogP contribution in [0.15, 0.2) is 36.4 Å². The van der Waals surface area contributed by atoms with Crippen LogP contribution in [0.3, 0.4) is 0 Å². The van der Waals surface area contributed by atoms with Crippen LogP contribution in [0.5, 0.6) is 17.2 Å². The second-order valence-electron chi connectivity index (χ2n) is 4.88. The number of esters is 1. The van der Waals surface area contributed by atoms with Crippen molar-refractivity contribution in [2.75, 3.05) is 4.90 Å². The number of anilines is 2. The fourth-order valence-corrected chi connectivity index (χ4v) is 2.50. The Hall–Kier alpha value is -2.53. The Morgan fingerprint density at radius 2 is 1.73 bits per heavy atom. The molecule has 2 aromatic carbocycles. The highest BCUT2D eigenvalue weighted by Gasteiger charge is 2.28. The number of carbonyl (C=O) groups excluding carboxylic acids is 2. The summed E-state index contributed by atoms with van der Waals surface area (Å²) in [7, 11) is 0. The normalized spacial score (nSPS) is 12.0. The lowest BCUT2D eigenvalue weighted by atomic mass is 10.1. The Kier molecular flexibility index (Phi) is 3.50. The molecule has 6 heteroatoms. The van der Waals surface area contributed by atoms with Crippen LogP contribution in [-0.4, -0.2) is 11.3 Å². The van der Waals surface area contributed by atoms with Crippen molar-refractivity contribution in [3.63, 3.8) is 0 Å². The molecule has 0 saturated carbocycles. The SMILES string of the molecule is CC(=O)Oc1ccc2c(c1)Oc1cc(C)ccc1N2C(=O)Cl. The van der Waals surface area contributed by atoms with E-state index in [2.05, 4.69) is 0 Å². The van der Waals surface area contributed by atoms with Gasteiger partial charge in [0, 0.05) is 13.0 Å². The van der Waals surface area contributed by atoms with Gasteiger partial charge in [0.25, 0.3) is 0 Å². The molecular formula is C16H12ClNO4. The Morgan fingerprint density at radius 1 is 1.09 bits per heavy atom. The molecule has 0 aromatic heterocycles. The summed E-state index contributed by atoms with van der Waals surface area (Å²) in [5.74, 6) is 0.814. The number of nitrogens with zero attached hydrogens (tertiary/aromatic N) is 1. The van der Waals surface area contributed by atoms with Crippen LogP contribution >= 0.6 is 11.6 Å².